The van der Waals surface area contributed by atoms with Crippen molar-refractivity contribution >= 4 is 39.4 Å². The largest absolute Gasteiger partial charge is 0.288 e. The van der Waals surface area contributed by atoms with Crippen LogP contribution in [-0.4, -0.2) is 5.78 Å². The van der Waals surface area contributed by atoms with Crippen molar-refractivity contribution in [2.75, 3.05) is 0 Å². The molecule has 0 saturated heterocycles. The number of Topliss-reactive ketones (excluding diaryl/α,β-unsaturated/α-hetero) is 1. The highest BCUT2D eigenvalue weighted by Gasteiger charge is 2.09. The quantitative estimate of drug-likeness (QED) is 0.580. The van der Waals surface area contributed by atoms with Gasteiger partial charge in [0.15, 0.2) is 0 Å². The smallest absolute Gasteiger partial charge is 0.204 e. The van der Waals surface area contributed by atoms with Gasteiger partial charge in [0.1, 0.15) is 0 Å². The van der Waals surface area contributed by atoms with Gasteiger partial charge in [-0.25, -0.2) is 0 Å². The molecule has 0 aliphatic rings. The third kappa shape index (κ3) is 3.31. The predicted octanol–water partition coefficient (Wildman–Crippen LogP) is 4.91. The number of rotatable bonds is 3. The summed E-state index contributed by atoms with van der Waals surface area (Å²) in [6.07, 6.45) is 1.67. The third-order valence-electron chi connectivity index (χ3n) is 2.42. The van der Waals surface area contributed by atoms with Crippen LogP contribution in [0.1, 0.15) is 15.9 Å². The Labute approximate surface area is 119 Å². The molecular formula is C15H10BrClO. The van der Waals surface area contributed by atoms with E-state index in [2.05, 4.69) is 15.9 Å². The topological polar surface area (TPSA) is 17.1 Å². The first-order valence-electron chi connectivity index (χ1n) is 5.39. The van der Waals surface area contributed by atoms with E-state index >= 15 is 0 Å². The van der Waals surface area contributed by atoms with Crippen LogP contribution in [0.25, 0.3) is 6.08 Å². The summed E-state index contributed by atoms with van der Waals surface area (Å²) in [6, 6.07) is 16.6. The van der Waals surface area contributed by atoms with Crippen molar-refractivity contribution < 1.29 is 4.79 Å². The third-order valence-corrected chi connectivity index (χ3v) is 3.23. The van der Waals surface area contributed by atoms with Crippen molar-refractivity contribution in [1.82, 2.24) is 0 Å². The maximum absolute atomic E-state index is 12.0. The van der Waals surface area contributed by atoms with Crippen molar-refractivity contribution in [3.05, 3.63) is 75.2 Å². The summed E-state index contributed by atoms with van der Waals surface area (Å²) in [6.45, 7) is 0. The Balaban J connectivity index is 2.23. The van der Waals surface area contributed by atoms with Gasteiger partial charge in [0.2, 0.25) is 5.78 Å². The van der Waals surface area contributed by atoms with E-state index in [1.54, 1.807) is 18.2 Å². The number of benzene rings is 2. The van der Waals surface area contributed by atoms with Gasteiger partial charge in [-0.15, -0.1) is 0 Å². The molecule has 2 aromatic carbocycles. The van der Waals surface area contributed by atoms with Gasteiger partial charge in [0.25, 0.3) is 0 Å². The van der Waals surface area contributed by atoms with Crippen LogP contribution in [0.5, 0.6) is 0 Å². The average molecular weight is 322 g/mol. The van der Waals surface area contributed by atoms with E-state index in [1.807, 2.05) is 42.5 Å². The molecule has 0 amide bonds. The molecule has 0 atom stereocenters. The van der Waals surface area contributed by atoms with Crippen molar-refractivity contribution in [2.45, 2.75) is 0 Å². The number of halogens is 2. The lowest BCUT2D eigenvalue weighted by molar-refractivity contribution is 0.104. The van der Waals surface area contributed by atoms with Gasteiger partial charge < -0.3 is 0 Å². The van der Waals surface area contributed by atoms with Crippen LogP contribution in [0.4, 0.5) is 0 Å². The number of allylic oxidation sites excluding steroid dienone is 1. The Morgan fingerprint density at radius 1 is 1.00 bits per heavy atom. The lowest BCUT2D eigenvalue weighted by atomic mass is 10.1. The summed E-state index contributed by atoms with van der Waals surface area (Å²) in [5.74, 6) is -0.166. The van der Waals surface area contributed by atoms with Gasteiger partial charge in [-0.05, 0) is 23.8 Å². The van der Waals surface area contributed by atoms with E-state index in [0.29, 0.717) is 5.56 Å². The zero-order valence-corrected chi connectivity index (χ0v) is 11.8. The molecule has 0 radical (unpaired) electrons. The Morgan fingerprint density at radius 3 is 2.22 bits per heavy atom. The molecule has 0 bridgehead atoms. The predicted molar refractivity (Wildman–Crippen MR) is 78.7 cm³/mol. The van der Waals surface area contributed by atoms with Gasteiger partial charge in [-0.1, -0.05) is 70.0 Å². The number of carbonyl (C=O) groups excluding carboxylic acids is 1. The Bertz CT molecular complexity index is 573. The van der Waals surface area contributed by atoms with E-state index < -0.39 is 0 Å². The highest BCUT2D eigenvalue weighted by atomic mass is 79.9. The number of hydrogen-bond acceptors (Lipinski definition) is 1. The Kier molecular flexibility index (Phi) is 4.34. The van der Waals surface area contributed by atoms with Gasteiger partial charge in [-0.2, -0.15) is 0 Å². The second-order valence-electron chi connectivity index (χ2n) is 3.74. The minimum Gasteiger partial charge on any atom is -0.288 e. The molecule has 0 aliphatic heterocycles. The monoisotopic (exact) mass is 320 g/mol. The van der Waals surface area contributed by atoms with Gasteiger partial charge in [-0.3, -0.25) is 4.79 Å². The van der Waals surface area contributed by atoms with E-state index in [-0.39, 0.29) is 10.8 Å². The summed E-state index contributed by atoms with van der Waals surface area (Å²) < 4.78 is 0.991. The van der Waals surface area contributed by atoms with Crippen LogP contribution < -0.4 is 0 Å². The molecule has 0 unspecified atom stereocenters. The summed E-state index contributed by atoms with van der Waals surface area (Å²) in [5, 5.41) is 0.212. The molecule has 2 aromatic rings. The highest BCUT2D eigenvalue weighted by Crippen LogP contribution is 2.18. The minimum atomic E-state index is -0.166. The summed E-state index contributed by atoms with van der Waals surface area (Å²) >= 11 is 9.40. The maximum Gasteiger partial charge on any atom is 0.204 e. The van der Waals surface area contributed by atoms with E-state index in [4.69, 9.17) is 11.6 Å². The molecule has 18 heavy (non-hydrogen) atoms. The van der Waals surface area contributed by atoms with Crippen LogP contribution in [0.15, 0.2) is 64.1 Å². The summed E-state index contributed by atoms with van der Waals surface area (Å²) in [5.41, 5.74) is 1.49. The Morgan fingerprint density at radius 2 is 1.61 bits per heavy atom. The molecule has 0 fully saturated rings. The lowest BCUT2D eigenvalue weighted by Crippen LogP contribution is -1.98. The minimum absolute atomic E-state index is 0.166. The van der Waals surface area contributed by atoms with Gasteiger partial charge in [0.05, 0.1) is 5.03 Å². The van der Waals surface area contributed by atoms with Crippen molar-refractivity contribution in [3.8, 4) is 0 Å². The number of hydrogen-bond donors (Lipinski definition) is 0. The molecule has 0 saturated carbocycles. The molecule has 1 nitrogen and oxygen atoms in total. The van der Waals surface area contributed by atoms with Crippen LogP contribution in [0.2, 0.25) is 0 Å². The fourth-order valence-corrected chi connectivity index (χ4v) is 2.00. The van der Waals surface area contributed by atoms with E-state index in [1.165, 1.54) is 0 Å². The second kappa shape index (κ2) is 5.98. The van der Waals surface area contributed by atoms with E-state index in [9.17, 15) is 4.79 Å². The van der Waals surface area contributed by atoms with Crippen molar-refractivity contribution in [2.24, 2.45) is 0 Å². The van der Waals surface area contributed by atoms with Gasteiger partial charge in [0, 0.05) is 10.0 Å². The second-order valence-corrected chi connectivity index (χ2v) is 5.06. The molecule has 0 aromatic heterocycles. The van der Waals surface area contributed by atoms with Crippen molar-refractivity contribution in [3.63, 3.8) is 0 Å². The van der Waals surface area contributed by atoms with Crippen LogP contribution in [-0.2, 0) is 0 Å². The zero-order valence-electron chi connectivity index (χ0n) is 9.44. The molecule has 90 valence electrons. The normalized spacial score (nSPS) is 11.3. The van der Waals surface area contributed by atoms with Crippen LogP contribution >= 0.6 is 27.5 Å². The maximum atomic E-state index is 12.0. The summed E-state index contributed by atoms with van der Waals surface area (Å²) in [4.78, 5) is 12.0. The average Bonchev–Trinajstić information content (AvgIpc) is 2.41. The van der Waals surface area contributed by atoms with Crippen LogP contribution in [0.3, 0.4) is 0 Å². The van der Waals surface area contributed by atoms with Crippen molar-refractivity contribution in [1.29, 1.82) is 0 Å². The molecule has 2 rings (SSSR count). The molecule has 3 heteroatoms. The standard InChI is InChI=1S/C15H10BrClO/c16-13-8-6-11(7-9-13)10-14(17)15(18)12-4-2-1-3-5-12/h1-10H/b14-10-. The Hall–Kier alpha value is -1.38. The molecule has 0 spiro atoms. The fourth-order valence-electron chi connectivity index (χ4n) is 1.50. The molecule has 0 aliphatic carbocycles. The highest BCUT2D eigenvalue weighted by molar-refractivity contribution is 9.10. The fraction of sp³-hybridized carbons (Fsp3) is 0. The zero-order chi connectivity index (χ0) is 13.0. The first-order chi connectivity index (χ1) is 8.66. The summed E-state index contributed by atoms with van der Waals surface area (Å²) in [7, 11) is 0. The first-order valence-corrected chi connectivity index (χ1v) is 6.56. The van der Waals surface area contributed by atoms with E-state index in [0.717, 1.165) is 10.0 Å². The first kappa shape index (κ1) is 13.1. The lowest BCUT2D eigenvalue weighted by Gasteiger charge is -2.00. The SMILES string of the molecule is O=C(/C(Cl)=C/c1ccc(Br)cc1)c1ccccc1. The number of ketones is 1. The van der Waals surface area contributed by atoms with Gasteiger partial charge >= 0.3 is 0 Å². The molecular weight excluding hydrogens is 312 g/mol. The molecule has 0 heterocycles. The van der Waals surface area contributed by atoms with Crippen LogP contribution in [0, 0.1) is 0 Å². The molecule has 0 N–H and O–H groups in total. The number of carbonyl (C=O) groups is 1.